The van der Waals surface area contributed by atoms with E-state index in [9.17, 15) is 0 Å². The molecule has 0 aliphatic heterocycles. The Morgan fingerprint density at radius 3 is 2.68 bits per heavy atom. The van der Waals surface area contributed by atoms with Crippen molar-refractivity contribution < 1.29 is 4.74 Å². The van der Waals surface area contributed by atoms with Crippen molar-refractivity contribution in [3.63, 3.8) is 0 Å². The number of hydrogen-bond donors (Lipinski definition) is 1. The molecular formula is C14H12BrCl2NO. The maximum atomic E-state index is 6.18. The SMILES string of the molecule is COc1cccc(Cl)c1CNc1cc(Br)ccc1Cl. The topological polar surface area (TPSA) is 21.3 Å². The zero-order valence-corrected chi connectivity index (χ0v) is 13.3. The Labute approximate surface area is 130 Å². The first-order valence-corrected chi connectivity index (χ1v) is 7.17. The molecule has 0 fully saturated rings. The van der Waals surface area contributed by atoms with Crippen molar-refractivity contribution in [3.05, 3.63) is 56.5 Å². The highest BCUT2D eigenvalue weighted by atomic mass is 79.9. The highest BCUT2D eigenvalue weighted by Gasteiger charge is 2.08. The molecule has 2 aromatic rings. The summed E-state index contributed by atoms with van der Waals surface area (Å²) in [7, 11) is 1.63. The van der Waals surface area contributed by atoms with E-state index in [1.54, 1.807) is 7.11 Å². The molecule has 1 N–H and O–H groups in total. The van der Waals surface area contributed by atoms with E-state index in [0.717, 1.165) is 21.5 Å². The fraction of sp³-hybridized carbons (Fsp3) is 0.143. The first-order chi connectivity index (χ1) is 9.11. The second-order valence-electron chi connectivity index (χ2n) is 3.90. The highest BCUT2D eigenvalue weighted by molar-refractivity contribution is 9.10. The predicted molar refractivity (Wildman–Crippen MR) is 84.5 cm³/mol. The third kappa shape index (κ3) is 3.56. The van der Waals surface area contributed by atoms with Gasteiger partial charge in [-0.05, 0) is 30.3 Å². The number of ether oxygens (including phenoxy) is 1. The predicted octanol–water partition coefficient (Wildman–Crippen LogP) is 5.38. The number of hydrogen-bond acceptors (Lipinski definition) is 2. The Hall–Kier alpha value is -0.900. The lowest BCUT2D eigenvalue weighted by atomic mass is 10.2. The molecule has 19 heavy (non-hydrogen) atoms. The lowest BCUT2D eigenvalue weighted by Gasteiger charge is -2.13. The van der Waals surface area contributed by atoms with Crippen LogP contribution < -0.4 is 10.1 Å². The molecule has 0 bridgehead atoms. The number of halogens is 3. The first kappa shape index (κ1) is 14.5. The monoisotopic (exact) mass is 359 g/mol. The van der Waals surface area contributed by atoms with Gasteiger partial charge in [-0.2, -0.15) is 0 Å². The normalized spacial score (nSPS) is 10.3. The quantitative estimate of drug-likeness (QED) is 0.790. The van der Waals surface area contributed by atoms with Crippen LogP contribution in [0.5, 0.6) is 5.75 Å². The Kier molecular flexibility index (Phi) is 4.97. The summed E-state index contributed by atoms with van der Waals surface area (Å²) in [6.07, 6.45) is 0. The van der Waals surface area contributed by atoms with E-state index in [4.69, 9.17) is 27.9 Å². The van der Waals surface area contributed by atoms with Crippen LogP contribution >= 0.6 is 39.1 Å². The Morgan fingerprint density at radius 2 is 1.95 bits per heavy atom. The zero-order valence-electron chi connectivity index (χ0n) is 10.2. The molecule has 2 aromatic carbocycles. The minimum Gasteiger partial charge on any atom is -0.496 e. The van der Waals surface area contributed by atoms with Gasteiger partial charge in [-0.1, -0.05) is 45.2 Å². The van der Waals surface area contributed by atoms with Crippen molar-refractivity contribution in [3.8, 4) is 5.75 Å². The van der Waals surface area contributed by atoms with E-state index < -0.39 is 0 Å². The van der Waals surface area contributed by atoms with Crippen LogP contribution in [-0.2, 0) is 6.54 Å². The second kappa shape index (κ2) is 6.51. The average molecular weight is 361 g/mol. The van der Waals surface area contributed by atoms with Crippen LogP contribution in [0.2, 0.25) is 10.0 Å². The fourth-order valence-corrected chi connectivity index (χ4v) is 2.50. The van der Waals surface area contributed by atoms with Crippen LogP contribution in [0.25, 0.3) is 0 Å². The van der Waals surface area contributed by atoms with Crippen molar-refractivity contribution in [2.45, 2.75) is 6.54 Å². The summed E-state index contributed by atoms with van der Waals surface area (Å²) in [4.78, 5) is 0. The Bertz CT molecular complexity index is 590. The largest absolute Gasteiger partial charge is 0.496 e. The standard InChI is InChI=1S/C14H12BrCl2NO/c1-19-14-4-2-3-11(16)10(14)8-18-13-7-9(15)5-6-12(13)17/h2-7,18H,8H2,1H3. The van der Waals surface area contributed by atoms with E-state index in [1.807, 2.05) is 36.4 Å². The van der Waals surface area contributed by atoms with Gasteiger partial charge in [0.15, 0.2) is 0 Å². The summed E-state index contributed by atoms with van der Waals surface area (Å²) in [5.74, 6) is 0.756. The fourth-order valence-electron chi connectivity index (χ4n) is 1.72. The lowest BCUT2D eigenvalue weighted by Crippen LogP contribution is -2.03. The van der Waals surface area contributed by atoms with Crippen LogP contribution in [-0.4, -0.2) is 7.11 Å². The summed E-state index contributed by atoms with van der Waals surface area (Å²) in [5.41, 5.74) is 1.75. The molecule has 0 saturated carbocycles. The minimum absolute atomic E-state index is 0.541. The zero-order chi connectivity index (χ0) is 13.8. The molecule has 0 aliphatic carbocycles. The van der Waals surface area contributed by atoms with Gasteiger partial charge in [0.05, 0.1) is 17.8 Å². The summed E-state index contributed by atoms with van der Waals surface area (Å²) >= 11 is 15.7. The number of benzene rings is 2. The minimum atomic E-state index is 0.541. The van der Waals surface area contributed by atoms with Gasteiger partial charge >= 0.3 is 0 Å². The van der Waals surface area contributed by atoms with Gasteiger partial charge in [0.1, 0.15) is 5.75 Å². The van der Waals surface area contributed by atoms with Crippen molar-refractivity contribution in [2.75, 3.05) is 12.4 Å². The molecular weight excluding hydrogens is 349 g/mol. The number of methoxy groups -OCH3 is 1. The van der Waals surface area contributed by atoms with Gasteiger partial charge in [0, 0.05) is 21.6 Å². The van der Waals surface area contributed by atoms with Crippen molar-refractivity contribution in [2.24, 2.45) is 0 Å². The lowest BCUT2D eigenvalue weighted by molar-refractivity contribution is 0.410. The molecule has 0 aromatic heterocycles. The van der Waals surface area contributed by atoms with Crippen LogP contribution in [0.15, 0.2) is 40.9 Å². The molecule has 0 aliphatic rings. The first-order valence-electron chi connectivity index (χ1n) is 5.62. The Balaban J connectivity index is 2.21. The van der Waals surface area contributed by atoms with Gasteiger partial charge in [-0.3, -0.25) is 0 Å². The molecule has 0 atom stereocenters. The molecule has 100 valence electrons. The van der Waals surface area contributed by atoms with Crippen molar-refractivity contribution in [1.29, 1.82) is 0 Å². The van der Waals surface area contributed by atoms with Crippen molar-refractivity contribution >= 4 is 44.8 Å². The highest BCUT2D eigenvalue weighted by Crippen LogP contribution is 2.30. The maximum absolute atomic E-state index is 6.18. The third-order valence-electron chi connectivity index (χ3n) is 2.68. The second-order valence-corrected chi connectivity index (χ2v) is 5.63. The van der Waals surface area contributed by atoms with E-state index >= 15 is 0 Å². The Morgan fingerprint density at radius 1 is 1.16 bits per heavy atom. The molecule has 5 heteroatoms. The van der Waals surface area contributed by atoms with Crippen molar-refractivity contribution in [1.82, 2.24) is 0 Å². The molecule has 0 saturated heterocycles. The van der Waals surface area contributed by atoms with Crippen LogP contribution in [0, 0.1) is 0 Å². The molecule has 0 amide bonds. The molecule has 2 nitrogen and oxygen atoms in total. The maximum Gasteiger partial charge on any atom is 0.125 e. The van der Waals surface area contributed by atoms with Gasteiger partial charge < -0.3 is 10.1 Å². The number of rotatable bonds is 4. The van der Waals surface area contributed by atoms with Crippen LogP contribution in [0.1, 0.15) is 5.56 Å². The van der Waals surface area contributed by atoms with E-state index in [1.165, 1.54) is 0 Å². The molecule has 0 heterocycles. The molecule has 0 radical (unpaired) electrons. The number of anilines is 1. The molecule has 2 rings (SSSR count). The van der Waals surface area contributed by atoms with E-state index in [2.05, 4.69) is 21.2 Å². The van der Waals surface area contributed by atoms with Crippen LogP contribution in [0.3, 0.4) is 0 Å². The van der Waals surface area contributed by atoms with Gasteiger partial charge in [-0.15, -0.1) is 0 Å². The molecule has 0 spiro atoms. The smallest absolute Gasteiger partial charge is 0.125 e. The summed E-state index contributed by atoms with van der Waals surface area (Å²) in [5, 5.41) is 4.59. The summed E-state index contributed by atoms with van der Waals surface area (Å²) in [6.45, 7) is 0.541. The molecule has 0 unspecified atom stereocenters. The average Bonchev–Trinajstić information content (AvgIpc) is 2.40. The third-order valence-corrected chi connectivity index (χ3v) is 3.86. The summed E-state index contributed by atoms with van der Waals surface area (Å²) in [6, 6.07) is 11.2. The van der Waals surface area contributed by atoms with E-state index in [0.29, 0.717) is 16.6 Å². The van der Waals surface area contributed by atoms with Gasteiger partial charge in [-0.25, -0.2) is 0 Å². The van der Waals surface area contributed by atoms with Gasteiger partial charge in [0.25, 0.3) is 0 Å². The van der Waals surface area contributed by atoms with Crippen LogP contribution in [0.4, 0.5) is 5.69 Å². The summed E-state index contributed by atoms with van der Waals surface area (Å²) < 4.78 is 6.27. The van der Waals surface area contributed by atoms with Gasteiger partial charge in [0.2, 0.25) is 0 Å². The van der Waals surface area contributed by atoms with E-state index in [-0.39, 0.29) is 0 Å². The number of nitrogens with one attached hydrogen (secondary N) is 1.